The first-order valence-electron chi connectivity index (χ1n) is 5.80. The molecule has 0 bridgehead atoms. The Morgan fingerprint density at radius 2 is 2.12 bits per heavy atom. The predicted octanol–water partition coefficient (Wildman–Crippen LogP) is 0.00260. The van der Waals surface area contributed by atoms with Crippen LogP contribution in [-0.2, 0) is 9.59 Å². The van der Waals surface area contributed by atoms with E-state index in [-0.39, 0.29) is 37.0 Å². The Morgan fingerprint density at radius 1 is 1.53 bits per heavy atom. The molecule has 1 aliphatic carbocycles. The average molecular weight is 240 g/mol. The van der Waals surface area contributed by atoms with Crippen LogP contribution in [0.4, 0.5) is 0 Å². The van der Waals surface area contributed by atoms with E-state index in [0.717, 1.165) is 12.8 Å². The van der Waals surface area contributed by atoms with Crippen LogP contribution in [0.15, 0.2) is 12.7 Å². The summed E-state index contributed by atoms with van der Waals surface area (Å²) in [6.07, 6.45) is 3.15. The Hall–Kier alpha value is -1.36. The number of carbonyl (C=O) groups is 2. The van der Waals surface area contributed by atoms with Gasteiger partial charge in [0.05, 0.1) is 19.2 Å². The summed E-state index contributed by atoms with van der Waals surface area (Å²) in [5.74, 6) is -0.391. The smallest absolute Gasteiger partial charge is 0.246 e. The van der Waals surface area contributed by atoms with Crippen molar-refractivity contribution in [3.8, 4) is 0 Å². The van der Waals surface area contributed by atoms with E-state index in [0.29, 0.717) is 0 Å². The first kappa shape index (κ1) is 13.7. The minimum atomic E-state index is -0.272. The van der Waals surface area contributed by atoms with Gasteiger partial charge in [0.2, 0.25) is 11.8 Å². The van der Waals surface area contributed by atoms with Crippen LogP contribution in [0.2, 0.25) is 0 Å². The molecule has 1 saturated carbocycles. The summed E-state index contributed by atoms with van der Waals surface area (Å²) >= 11 is 0. The minimum Gasteiger partial charge on any atom is -0.394 e. The van der Waals surface area contributed by atoms with Gasteiger partial charge in [-0.15, -0.1) is 0 Å². The Balaban J connectivity index is 2.59. The molecule has 0 aliphatic heterocycles. The fourth-order valence-corrected chi connectivity index (χ4v) is 1.77. The normalized spacial score (nSPS) is 16.2. The molecule has 0 heterocycles. The number of rotatable bonds is 6. The van der Waals surface area contributed by atoms with Crippen molar-refractivity contribution in [3.63, 3.8) is 0 Å². The highest BCUT2D eigenvalue weighted by Crippen LogP contribution is 2.28. The third kappa shape index (κ3) is 3.56. The summed E-state index contributed by atoms with van der Waals surface area (Å²) in [7, 11) is 1.57. The van der Waals surface area contributed by atoms with Crippen molar-refractivity contribution in [2.45, 2.75) is 31.8 Å². The predicted molar refractivity (Wildman–Crippen MR) is 64.2 cm³/mol. The number of likely N-dealkylation sites (N-methyl/N-ethyl adjacent to an activating group) is 1. The maximum atomic E-state index is 12.0. The summed E-state index contributed by atoms with van der Waals surface area (Å²) in [5.41, 5.74) is 0. The summed E-state index contributed by atoms with van der Waals surface area (Å²) in [4.78, 5) is 26.3. The number of hydrogen-bond donors (Lipinski definition) is 1. The molecule has 0 radical (unpaired) electrons. The molecule has 0 aromatic heterocycles. The van der Waals surface area contributed by atoms with E-state index in [4.69, 9.17) is 5.11 Å². The van der Waals surface area contributed by atoms with Crippen LogP contribution in [0.25, 0.3) is 0 Å². The van der Waals surface area contributed by atoms with Gasteiger partial charge in [0.15, 0.2) is 0 Å². The lowest BCUT2D eigenvalue weighted by atomic mass is 10.2. The molecule has 1 aliphatic rings. The van der Waals surface area contributed by atoms with Gasteiger partial charge in [0, 0.05) is 13.1 Å². The van der Waals surface area contributed by atoms with Crippen LogP contribution in [0, 0.1) is 0 Å². The zero-order chi connectivity index (χ0) is 13.0. The van der Waals surface area contributed by atoms with Gasteiger partial charge in [-0.05, 0) is 25.8 Å². The number of nitrogens with zero attached hydrogens (tertiary/aromatic N) is 2. The largest absolute Gasteiger partial charge is 0.394 e. The Bertz CT molecular complexity index is 313. The first-order valence-corrected chi connectivity index (χ1v) is 5.80. The van der Waals surface area contributed by atoms with Crippen molar-refractivity contribution in [2.24, 2.45) is 0 Å². The molecule has 1 fully saturated rings. The van der Waals surface area contributed by atoms with Gasteiger partial charge >= 0.3 is 0 Å². The molecule has 1 atom stereocenters. The third-order valence-electron chi connectivity index (χ3n) is 2.89. The molecule has 0 spiro atoms. The number of aliphatic hydroxyl groups excluding tert-OH is 1. The number of carbonyl (C=O) groups excluding carboxylic acids is 2. The van der Waals surface area contributed by atoms with Crippen LogP contribution in [0.5, 0.6) is 0 Å². The standard InChI is InChI=1S/C12H20N2O3/c1-4-11(16)13(3)7-12(17)14(9(2)8-15)10-5-6-10/h4,9-10,15H,1,5-8H2,2-3H3. The molecular formula is C12H20N2O3. The lowest BCUT2D eigenvalue weighted by molar-refractivity contribution is -0.139. The summed E-state index contributed by atoms with van der Waals surface area (Å²) < 4.78 is 0. The molecule has 2 amide bonds. The van der Waals surface area contributed by atoms with Crippen molar-refractivity contribution < 1.29 is 14.7 Å². The quantitative estimate of drug-likeness (QED) is 0.665. The average Bonchev–Trinajstić information content (AvgIpc) is 3.12. The van der Waals surface area contributed by atoms with Crippen LogP contribution in [0.3, 0.4) is 0 Å². The SMILES string of the molecule is C=CC(=O)N(C)CC(=O)N(C(C)CO)C1CC1. The van der Waals surface area contributed by atoms with E-state index in [9.17, 15) is 9.59 Å². The molecule has 96 valence electrons. The second-order valence-electron chi connectivity index (χ2n) is 4.46. The zero-order valence-corrected chi connectivity index (χ0v) is 10.4. The zero-order valence-electron chi connectivity index (χ0n) is 10.4. The van der Waals surface area contributed by atoms with Crippen LogP contribution < -0.4 is 0 Å². The Labute approximate surface area is 102 Å². The number of hydrogen-bond acceptors (Lipinski definition) is 3. The molecule has 5 nitrogen and oxygen atoms in total. The summed E-state index contributed by atoms with van der Waals surface area (Å²) in [6, 6.07) is 0.0408. The van der Waals surface area contributed by atoms with Crippen LogP contribution in [-0.4, -0.2) is 59.0 Å². The van der Waals surface area contributed by atoms with Crippen LogP contribution in [0.1, 0.15) is 19.8 Å². The fraction of sp³-hybridized carbons (Fsp3) is 0.667. The lowest BCUT2D eigenvalue weighted by Gasteiger charge is -2.29. The highest BCUT2D eigenvalue weighted by molar-refractivity contribution is 5.90. The monoisotopic (exact) mass is 240 g/mol. The van der Waals surface area contributed by atoms with Crippen molar-refractivity contribution >= 4 is 11.8 Å². The highest BCUT2D eigenvalue weighted by atomic mass is 16.3. The van der Waals surface area contributed by atoms with E-state index < -0.39 is 0 Å². The molecule has 5 heteroatoms. The highest BCUT2D eigenvalue weighted by Gasteiger charge is 2.35. The molecule has 0 aromatic rings. The van der Waals surface area contributed by atoms with Crippen LogP contribution >= 0.6 is 0 Å². The molecule has 0 saturated heterocycles. The van der Waals surface area contributed by atoms with Crippen molar-refractivity contribution in [1.29, 1.82) is 0 Å². The van der Waals surface area contributed by atoms with E-state index in [1.165, 1.54) is 11.0 Å². The van der Waals surface area contributed by atoms with Gasteiger partial charge in [0.25, 0.3) is 0 Å². The van der Waals surface area contributed by atoms with Gasteiger partial charge in [-0.1, -0.05) is 6.58 Å². The second-order valence-corrected chi connectivity index (χ2v) is 4.46. The molecule has 1 unspecified atom stereocenters. The van der Waals surface area contributed by atoms with Crippen molar-refractivity contribution in [2.75, 3.05) is 20.2 Å². The maximum Gasteiger partial charge on any atom is 0.246 e. The van der Waals surface area contributed by atoms with Crippen molar-refractivity contribution in [1.82, 2.24) is 9.80 Å². The summed E-state index contributed by atoms with van der Waals surface area (Å²) in [6.45, 7) is 5.17. The van der Waals surface area contributed by atoms with Gasteiger partial charge in [-0.25, -0.2) is 0 Å². The van der Waals surface area contributed by atoms with Gasteiger partial charge in [-0.2, -0.15) is 0 Å². The van der Waals surface area contributed by atoms with Gasteiger partial charge < -0.3 is 14.9 Å². The van der Waals surface area contributed by atoms with E-state index in [1.807, 2.05) is 6.92 Å². The molecular weight excluding hydrogens is 220 g/mol. The van der Waals surface area contributed by atoms with E-state index in [1.54, 1.807) is 11.9 Å². The number of aliphatic hydroxyl groups is 1. The fourth-order valence-electron chi connectivity index (χ4n) is 1.77. The second kappa shape index (κ2) is 5.82. The van der Waals surface area contributed by atoms with E-state index >= 15 is 0 Å². The Kier molecular flexibility index (Phi) is 4.69. The Morgan fingerprint density at radius 3 is 2.53 bits per heavy atom. The molecule has 1 N–H and O–H groups in total. The number of amides is 2. The van der Waals surface area contributed by atoms with Crippen molar-refractivity contribution in [3.05, 3.63) is 12.7 Å². The van der Waals surface area contributed by atoms with Gasteiger partial charge in [-0.3, -0.25) is 9.59 Å². The topological polar surface area (TPSA) is 60.9 Å². The third-order valence-corrected chi connectivity index (χ3v) is 2.89. The molecule has 17 heavy (non-hydrogen) atoms. The van der Waals surface area contributed by atoms with Gasteiger partial charge in [0.1, 0.15) is 0 Å². The maximum absolute atomic E-state index is 12.0. The van der Waals surface area contributed by atoms with E-state index in [2.05, 4.69) is 6.58 Å². The minimum absolute atomic E-state index is 0.0334. The summed E-state index contributed by atoms with van der Waals surface area (Å²) in [5, 5.41) is 9.13. The first-order chi connectivity index (χ1) is 8.01. The molecule has 1 rings (SSSR count). The lowest BCUT2D eigenvalue weighted by Crippen LogP contribution is -2.47. The molecule has 0 aromatic carbocycles.